The Hall–Kier alpha value is -3.22. The van der Waals surface area contributed by atoms with E-state index in [1.165, 1.54) is 12.1 Å². The largest absolute Gasteiger partial charge is 0.493 e. The smallest absolute Gasteiger partial charge is 0.195 e. The second-order valence-corrected chi connectivity index (χ2v) is 6.18. The molecule has 0 amide bonds. The summed E-state index contributed by atoms with van der Waals surface area (Å²) in [6.07, 6.45) is 2.69. The van der Waals surface area contributed by atoms with Gasteiger partial charge in [0.2, 0.25) is 0 Å². The van der Waals surface area contributed by atoms with Crippen LogP contribution in [-0.4, -0.2) is 38.3 Å². The molecule has 3 aromatic rings. The van der Waals surface area contributed by atoms with Crippen LogP contribution in [0.3, 0.4) is 0 Å². The van der Waals surface area contributed by atoms with E-state index in [2.05, 4.69) is 20.6 Å². The number of halogens is 1. The maximum atomic E-state index is 13.3. The number of guanidine groups is 1. The van der Waals surface area contributed by atoms with E-state index in [0.29, 0.717) is 30.6 Å². The predicted octanol–water partition coefficient (Wildman–Crippen LogP) is 3.94. The number of ether oxygens (including phenoxy) is 2. The highest BCUT2D eigenvalue weighted by Gasteiger charge is 2.08. The number of aromatic amines is 1. The van der Waals surface area contributed by atoms with Gasteiger partial charge in [-0.3, -0.25) is 4.99 Å². The van der Waals surface area contributed by atoms with Crippen LogP contribution in [0.25, 0.3) is 10.9 Å². The Bertz CT molecular complexity index is 968. The van der Waals surface area contributed by atoms with Gasteiger partial charge in [0.25, 0.3) is 0 Å². The maximum Gasteiger partial charge on any atom is 0.195 e. The second-order valence-electron chi connectivity index (χ2n) is 6.18. The van der Waals surface area contributed by atoms with Crippen molar-refractivity contribution in [1.29, 1.82) is 0 Å². The fourth-order valence-electron chi connectivity index (χ4n) is 3.02. The zero-order chi connectivity index (χ0) is 19.9. The fraction of sp³-hybridized carbons (Fsp3) is 0.286. The molecule has 0 saturated carbocycles. The number of H-pyrrole nitrogens is 1. The molecule has 3 N–H and O–H groups in total. The zero-order valence-corrected chi connectivity index (χ0v) is 16.3. The second kappa shape index (κ2) is 9.12. The molecule has 7 heteroatoms. The lowest BCUT2D eigenvalue weighted by molar-refractivity contribution is 0.311. The molecule has 0 aliphatic rings. The van der Waals surface area contributed by atoms with Gasteiger partial charge in [-0.2, -0.15) is 0 Å². The summed E-state index contributed by atoms with van der Waals surface area (Å²) in [7, 11) is 3.33. The van der Waals surface area contributed by atoms with Gasteiger partial charge in [0.15, 0.2) is 17.5 Å². The molecular formula is C21H25FN4O2. The first-order valence-corrected chi connectivity index (χ1v) is 9.18. The molecule has 0 saturated heterocycles. The number of aromatic nitrogens is 1. The van der Waals surface area contributed by atoms with Crippen LogP contribution in [0.2, 0.25) is 0 Å². The van der Waals surface area contributed by atoms with Crippen LogP contribution in [-0.2, 0) is 6.42 Å². The number of fused-ring (bicyclic) bond motifs is 1. The van der Waals surface area contributed by atoms with Gasteiger partial charge in [0.05, 0.1) is 13.7 Å². The Balaban J connectivity index is 1.61. The van der Waals surface area contributed by atoms with Crippen molar-refractivity contribution in [1.82, 2.24) is 10.3 Å². The number of hydrogen-bond acceptors (Lipinski definition) is 3. The molecule has 1 aromatic heterocycles. The van der Waals surface area contributed by atoms with Crippen LogP contribution in [0.15, 0.2) is 47.6 Å². The van der Waals surface area contributed by atoms with Gasteiger partial charge in [-0.25, -0.2) is 4.39 Å². The Labute approximate surface area is 163 Å². The summed E-state index contributed by atoms with van der Waals surface area (Å²) in [4.78, 5) is 7.37. The van der Waals surface area contributed by atoms with Crippen molar-refractivity contribution in [3.8, 4) is 11.5 Å². The summed E-state index contributed by atoms with van der Waals surface area (Å²) in [5, 5.41) is 7.57. The summed E-state index contributed by atoms with van der Waals surface area (Å²) in [5.74, 6) is 1.77. The molecule has 2 aromatic carbocycles. The van der Waals surface area contributed by atoms with E-state index >= 15 is 0 Å². The molecule has 1 heterocycles. The highest BCUT2D eigenvalue weighted by molar-refractivity contribution is 5.94. The normalized spacial score (nSPS) is 11.5. The summed E-state index contributed by atoms with van der Waals surface area (Å²) < 4.78 is 24.2. The van der Waals surface area contributed by atoms with Gasteiger partial charge in [-0.05, 0) is 49.2 Å². The molecule has 6 nitrogen and oxygen atoms in total. The van der Waals surface area contributed by atoms with Gasteiger partial charge < -0.3 is 25.1 Å². The first kappa shape index (κ1) is 19.5. The quantitative estimate of drug-likeness (QED) is 0.426. The molecule has 0 radical (unpaired) electrons. The highest BCUT2D eigenvalue weighted by Crippen LogP contribution is 2.30. The molecule has 0 aliphatic carbocycles. The van der Waals surface area contributed by atoms with E-state index in [4.69, 9.17) is 9.47 Å². The molecule has 0 spiro atoms. The van der Waals surface area contributed by atoms with E-state index < -0.39 is 0 Å². The van der Waals surface area contributed by atoms with Gasteiger partial charge in [0, 0.05) is 42.4 Å². The van der Waals surface area contributed by atoms with Gasteiger partial charge >= 0.3 is 0 Å². The Morgan fingerprint density at radius 1 is 1.18 bits per heavy atom. The summed E-state index contributed by atoms with van der Waals surface area (Å²) in [6.45, 7) is 3.17. The lowest BCUT2D eigenvalue weighted by Gasteiger charge is -2.14. The number of hydrogen-bond donors (Lipinski definition) is 3. The Kier molecular flexibility index (Phi) is 6.37. The number of rotatable bonds is 7. The number of nitrogens with one attached hydrogen (secondary N) is 3. The number of anilines is 1. The molecule has 3 rings (SSSR count). The molecular weight excluding hydrogens is 359 g/mol. The maximum absolute atomic E-state index is 13.3. The first-order valence-electron chi connectivity index (χ1n) is 9.18. The van der Waals surface area contributed by atoms with Crippen molar-refractivity contribution in [2.75, 3.05) is 32.6 Å². The number of nitrogens with zero attached hydrogens (tertiary/aromatic N) is 1. The summed E-state index contributed by atoms with van der Waals surface area (Å²) >= 11 is 0. The van der Waals surface area contributed by atoms with Gasteiger partial charge in [0.1, 0.15) is 5.82 Å². The third-order valence-corrected chi connectivity index (χ3v) is 4.37. The lowest BCUT2D eigenvalue weighted by Crippen LogP contribution is -2.32. The van der Waals surface area contributed by atoms with E-state index in [1.54, 1.807) is 20.2 Å². The van der Waals surface area contributed by atoms with E-state index in [-0.39, 0.29) is 5.82 Å². The molecule has 0 bridgehead atoms. The fourth-order valence-corrected chi connectivity index (χ4v) is 3.02. The summed E-state index contributed by atoms with van der Waals surface area (Å²) in [5.41, 5.74) is 2.78. The van der Waals surface area contributed by atoms with Crippen molar-refractivity contribution in [3.63, 3.8) is 0 Å². The van der Waals surface area contributed by atoms with Crippen LogP contribution in [0.4, 0.5) is 10.1 Å². The standard InChI is InChI=1S/C21H25FN4O2/c1-4-28-20-12-16(6-8-19(20)27-3)26-21(23-2)24-10-9-14-13-25-18-11-15(22)5-7-17(14)18/h5-8,11-13,25H,4,9-10H2,1-3H3,(H2,23,24,26). The minimum atomic E-state index is -0.241. The first-order chi connectivity index (χ1) is 13.6. The number of benzene rings is 2. The predicted molar refractivity (Wildman–Crippen MR) is 111 cm³/mol. The monoisotopic (exact) mass is 384 g/mol. The van der Waals surface area contributed by atoms with Crippen LogP contribution >= 0.6 is 0 Å². The molecule has 148 valence electrons. The molecule has 0 atom stereocenters. The summed E-state index contributed by atoms with van der Waals surface area (Å²) in [6, 6.07) is 10.4. The average Bonchev–Trinajstić information content (AvgIpc) is 3.09. The van der Waals surface area contributed by atoms with Crippen molar-refractivity contribution < 1.29 is 13.9 Å². The SMILES string of the molecule is CCOc1cc(NC(=NC)NCCc2c[nH]c3cc(F)ccc23)ccc1OC. The Morgan fingerprint density at radius 3 is 2.79 bits per heavy atom. The minimum Gasteiger partial charge on any atom is -0.493 e. The van der Waals surface area contributed by atoms with Crippen LogP contribution < -0.4 is 20.1 Å². The minimum absolute atomic E-state index is 0.241. The van der Waals surface area contributed by atoms with Crippen LogP contribution in [0, 0.1) is 5.82 Å². The van der Waals surface area contributed by atoms with Crippen molar-refractivity contribution >= 4 is 22.5 Å². The highest BCUT2D eigenvalue weighted by atomic mass is 19.1. The van der Waals surface area contributed by atoms with Gasteiger partial charge in [-0.1, -0.05) is 0 Å². The van der Waals surface area contributed by atoms with Crippen molar-refractivity contribution in [2.45, 2.75) is 13.3 Å². The molecule has 0 unspecified atom stereocenters. The van der Waals surface area contributed by atoms with Crippen molar-refractivity contribution in [2.24, 2.45) is 4.99 Å². The number of aliphatic imine (C=N–C) groups is 1. The van der Waals surface area contributed by atoms with Crippen molar-refractivity contribution in [3.05, 3.63) is 54.0 Å². The third-order valence-electron chi connectivity index (χ3n) is 4.37. The van der Waals surface area contributed by atoms with E-state index in [9.17, 15) is 4.39 Å². The average molecular weight is 384 g/mol. The van der Waals surface area contributed by atoms with E-state index in [1.807, 2.05) is 31.3 Å². The lowest BCUT2D eigenvalue weighted by atomic mass is 10.1. The zero-order valence-electron chi connectivity index (χ0n) is 16.3. The molecule has 28 heavy (non-hydrogen) atoms. The Morgan fingerprint density at radius 2 is 2.04 bits per heavy atom. The third kappa shape index (κ3) is 4.54. The topological polar surface area (TPSA) is 70.7 Å². The van der Waals surface area contributed by atoms with Gasteiger partial charge in [-0.15, -0.1) is 0 Å². The van der Waals surface area contributed by atoms with E-state index in [0.717, 1.165) is 28.6 Å². The molecule has 0 fully saturated rings. The van der Waals surface area contributed by atoms with Crippen LogP contribution in [0.1, 0.15) is 12.5 Å². The van der Waals surface area contributed by atoms with Crippen LogP contribution in [0.5, 0.6) is 11.5 Å². The number of methoxy groups -OCH3 is 1. The molecule has 0 aliphatic heterocycles.